The van der Waals surface area contributed by atoms with Crippen LogP contribution in [0.3, 0.4) is 0 Å². The van der Waals surface area contributed by atoms with Crippen LogP contribution in [0.4, 0.5) is 0 Å². The van der Waals surface area contributed by atoms with Gasteiger partial charge in [-0.2, -0.15) is 11.8 Å². The second-order valence-electron chi connectivity index (χ2n) is 4.61. The van der Waals surface area contributed by atoms with E-state index in [-0.39, 0.29) is 11.9 Å². The van der Waals surface area contributed by atoms with Crippen molar-refractivity contribution in [1.82, 2.24) is 5.32 Å². The van der Waals surface area contributed by atoms with E-state index in [1.54, 1.807) is 36.9 Å². The lowest BCUT2D eigenvalue weighted by Gasteiger charge is -2.15. The molecule has 0 saturated carbocycles. The molecule has 0 aliphatic heterocycles. The number of hydrogen-bond acceptors (Lipinski definition) is 5. The van der Waals surface area contributed by atoms with Crippen LogP contribution in [-0.4, -0.2) is 48.2 Å². The number of rotatable bonds is 9. The van der Waals surface area contributed by atoms with E-state index in [9.17, 15) is 9.59 Å². The first kappa shape index (κ1) is 18.2. The van der Waals surface area contributed by atoms with Crippen LogP contribution in [-0.2, 0) is 4.79 Å². The first-order valence-corrected chi connectivity index (χ1v) is 8.28. The minimum Gasteiger partial charge on any atom is -0.490 e. The maximum atomic E-state index is 12.2. The smallest absolute Gasteiger partial charge is 0.341 e. The Morgan fingerprint density at radius 1 is 1.32 bits per heavy atom. The highest BCUT2D eigenvalue weighted by Gasteiger charge is 2.14. The molecular weight excluding hydrogens is 306 g/mol. The van der Waals surface area contributed by atoms with Gasteiger partial charge < -0.3 is 19.9 Å². The number of amides is 1. The molecule has 6 nitrogen and oxygen atoms in total. The Balaban J connectivity index is 2.86. The van der Waals surface area contributed by atoms with Crippen molar-refractivity contribution < 1.29 is 24.2 Å². The SMILES string of the molecule is CCOc1cc(C(=O)NC(C)CSC)ccc1OCC(=O)O. The lowest BCUT2D eigenvalue weighted by Crippen LogP contribution is -2.34. The summed E-state index contributed by atoms with van der Waals surface area (Å²) in [6.07, 6.45) is 1.98. The van der Waals surface area contributed by atoms with E-state index >= 15 is 0 Å². The van der Waals surface area contributed by atoms with E-state index < -0.39 is 12.6 Å². The van der Waals surface area contributed by atoms with E-state index in [1.807, 2.05) is 13.2 Å². The average molecular weight is 327 g/mol. The predicted molar refractivity (Wildman–Crippen MR) is 86.1 cm³/mol. The van der Waals surface area contributed by atoms with Crippen molar-refractivity contribution in [2.45, 2.75) is 19.9 Å². The molecule has 122 valence electrons. The minimum atomic E-state index is -1.07. The molecule has 0 aliphatic carbocycles. The Morgan fingerprint density at radius 2 is 2.05 bits per heavy atom. The number of thioether (sulfide) groups is 1. The summed E-state index contributed by atoms with van der Waals surface area (Å²) >= 11 is 1.65. The van der Waals surface area contributed by atoms with Crippen molar-refractivity contribution in [2.24, 2.45) is 0 Å². The van der Waals surface area contributed by atoms with Gasteiger partial charge in [0.1, 0.15) is 0 Å². The highest BCUT2D eigenvalue weighted by molar-refractivity contribution is 7.98. The standard InChI is InChI=1S/C15H21NO5S/c1-4-20-13-7-11(15(19)16-10(2)9-22-3)5-6-12(13)21-8-14(17)18/h5-7,10H,4,8-9H2,1-3H3,(H,16,19)(H,17,18). The average Bonchev–Trinajstić information content (AvgIpc) is 2.46. The van der Waals surface area contributed by atoms with Gasteiger partial charge in [0.2, 0.25) is 0 Å². The third-order valence-corrected chi connectivity index (χ3v) is 3.48. The quantitative estimate of drug-likeness (QED) is 0.722. The zero-order valence-corrected chi connectivity index (χ0v) is 13.7. The topological polar surface area (TPSA) is 84.9 Å². The Kier molecular flexibility index (Phi) is 7.59. The Labute approximate surface area is 134 Å². The maximum Gasteiger partial charge on any atom is 0.341 e. The molecule has 0 aromatic heterocycles. The van der Waals surface area contributed by atoms with E-state index in [4.69, 9.17) is 14.6 Å². The fourth-order valence-corrected chi connectivity index (χ4v) is 2.36. The minimum absolute atomic E-state index is 0.0565. The molecule has 1 aromatic carbocycles. The summed E-state index contributed by atoms with van der Waals surface area (Å²) in [4.78, 5) is 22.7. The van der Waals surface area contributed by atoms with Crippen molar-refractivity contribution in [3.63, 3.8) is 0 Å². The first-order chi connectivity index (χ1) is 10.5. The first-order valence-electron chi connectivity index (χ1n) is 6.89. The summed E-state index contributed by atoms with van der Waals surface area (Å²) in [6.45, 7) is 3.66. The molecule has 0 bridgehead atoms. The van der Waals surface area contributed by atoms with Crippen LogP contribution >= 0.6 is 11.8 Å². The number of nitrogens with one attached hydrogen (secondary N) is 1. The molecular formula is C15H21NO5S. The lowest BCUT2D eigenvalue weighted by molar-refractivity contribution is -0.139. The Morgan fingerprint density at radius 3 is 2.64 bits per heavy atom. The van der Waals surface area contributed by atoms with Gasteiger partial charge >= 0.3 is 5.97 Å². The molecule has 1 aromatic rings. The van der Waals surface area contributed by atoms with Crippen molar-refractivity contribution in [3.05, 3.63) is 23.8 Å². The predicted octanol–water partition coefficient (Wildman–Crippen LogP) is 2.03. The number of benzene rings is 1. The van der Waals surface area contributed by atoms with E-state index in [0.717, 1.165) is 5.75 Å². The summed E-state index contributed by atoms with van der Waals surface area (Å²) in [7, 11) is 0. The third kappa shape index (κ3) is 5.85. The molecule has 1 atom stereocenters. The molecule has 0 heterocycles. The monoisotopic (exact) mass is 327 g/mol. The zero-order chi connectivity index (χ0) is 16.5. The van der Waals surface area contributed by atoms with Crippen LogP contribution in [0.25, 0.3) is 0 Å². The van der Waals surface area contributed by atoms with Crippen LogP contribution in [0.15, 0.2) is 18.2 Å². The second kappa shape index (κ2) is 9.19. The van der Waals surface area contributed by atoms with Gasteiger partial charge in [-0.25, -0.2) is 4.79 Å². The second-order valence-corrected chi connectivity index (χ2v) is 5.52. The highest BCUT2D eigenvalue weighted by Crippen LogP contribution is 2.28. The summed E-state index contributed by atoms with van der Waals surface area (Å²) < 4.78 is 10.6. The summed E-state index contributed by atoms with van der Waals surface area (Å²) in [5.74, 6) is 0.207. The van der Waals surface area contributed by atoms with Gasteiger partial charge in [-0.05, 0) is 38.3 Å². The highest BCUT2D eigenvalue weighted by atomic mass is 32.2. The number of ether oxygens (including phenoxy) is 2. The molecule has 0 spiro atoms. The van der Waals surface area contributed by atoms with Crippen molar-refractivity contribution in [1.29, 1.82) is 0 Å². The van der Waals surface area contributed by atoms with E-state index in [1.165, 1.54) is 0 Å². The van der Waals surface area contributed by atoms with Crippen molar-refractivity contribution >= 4 is 23.6 Å². The number of carbonyl (C=O) groups is 2. The van der Waals surface area contributed by atoms with Crippen LogP contribution in [0.2, 0.25) is 0 Å². The molecule has 0 saturated heterocycles. The third-order valence-electron chi connectivity index (χ3n) is 2.65. The lowest BCUT2D eigenvalue weighted by atomic mass is 10.1. The van der Waals surface area contributed by atoms with Crippen LogP contribution < -0.4 is 14.8 Å². The molecule has 1 rings (SSSR count). The number of carboxylic acids is 1. The molecule has 0 aliphatic rings. The zero-order valence-electron chi connectivity index (χ0n) is 12.9. The largest absolute Gasteiger partial charge is 0.490 e. The molecule has 1 unspecified atom stereocenters. The fourth-order valence-electron chi connectivity index (χ4n) is 1.78. The Hall–Kier alpha value is -1.89. The van der Waals surface area contributed by atoms with Gasteiger partial charge in [-0.15, -0.1) is 0 Å². The number of carbonyl (C=O) groups excluding carboxylic acids is 1. The number of carboxylic acid groups (broad SMARTS) is 1. The molecule has 22 heavy (non-hydrogen) atoms. The van der Waals surface area contributed by atoms with Crippen LogP contribution in [0, 0.1) is 0 Å². The van der Waals surface area contributed by atoms with Gasteiger partial charge in [-0.3, -0.25) is 4.79 Å². The number of hydrogen-bond donors (Lipinski definition) is 2. The normalized spacial score (nSPS) is 11.6. The Bertz CT molecular complexity index is 521. The summed E-state index contributed by atoms with van der Waals surface area (Å²) in [5, 5.41) is 11.5. The maximum absolute atomic E-state index is 12.2. The van der Waals surface area contributed by atoms with E-state index in [2.05, 4.69) is 5.32 Å². The molecule has 7 heteroatoms. The van der Waals surface area contributed by atoms with Crippen LogP contribution in [0.5, 0.6) is 11.5 Å². The molecule has 2 N–H and O–H groups in total. The van der Waals surface area contributed by atoms with Crippen LogP contribution in [0.1, 0.15) is 24.2 Å². The summed E-state index contributed by atoms with van der Waals surface area (Å²) in [5.41, 5.74) is 0.444. The van der Waals surface area contributed by atoms with Gasteiger partial charge in [0, 0.05) is 17.4 Å². The number of aliphatic carboxylic acids is 1. The van der Waals surface area contributed by atoms with Gasteiger partial charge in [-0.1, -0.05) is 0 Å². The summed E-state index contributed by atoms with van der Waals surface area (Å²) in [6, 6.07) is 4.74. The van der Waals surface area contributed by atoms with Crippen molar-refractivity contribution in [3.8, 4) is 11.5 Å². The van der Waals surface area contributed by atoms with Gasteiger partial charge in [0.25, 0.3) is 5.91 Å². The van der Waals surface area contributed by atoms with Crippen molar-refractivity contribution in [2.75, 3.05) is 25.2 Å². The van der Waals surface area contributed by atoms with Gasteiger partial charge in [0.05, 0.1) is 6.61 Å². The fraction of sp³-hybridized carbons (Fsp3) is 0.467. The molecule has 1 amide bonds. The van der Waals surface area contributed by atoms with Gasteiger partial charge in [0.15, 0.2) is 18.1 Å². The molecule has 0 radical (unpaired) electrons. The van der Waals surface area contributed by atoms with E-state index in [0.29, 0.717) is 23.7 Å². The molecule has 0 fully saturated rings.